The summed E-state index contributed by atoms with van der Waals surface area (Å²) in [4.78, 5) is 16.4. The van der Waals surface area contributed by atoms with Crippen molar-refractivity contribution in [1.29, 1.82) is 0 Å². The lowest BCUT2D eigenvalue weighted by Crippen LogP contribution is -2.50. The number of piperazine rings is 1. The molecule has 9 heteroatoms. The van der Waals surface area contributed by atoms with Gasteiger partial charge >= 0.3 is 0 Å². The van der Waals surface area contributed by atoms with Crippen molar-refractivity contribution in [3.8, 4) is 22.8 Å². The Morgan fingerprint density at radius 3 is 2.50 bits per heavy atom. The number of methoxy groups -OCH3 is 1. The van der Waals surface area contributed by atoms with Gasteiger partial charge in [0.1, 0.15) is 11.5 Å². The fourth-order valence-electron chi connectivity index (χ4n) is 3.44. The van der Waals surface area contributed by atoms with Gasteiger partial charge in [-0.3, -0.25) is 4.79 Å². The number of hydrogen-bond donors (Lipinski definition) is 0. The SMILES string of the molecule is COc1cccc(-c2ccc(N3CCN(C(=O)COc4ccc(Cl)cc4Cl)CC3)nn2)c1. The predicted octanol–water partition coefficient (Wildman–Crippen LogP) is 4.19. The molecule has 1 aliphatic heterocycles. The summed E-state index contributed by atoms with van der Waals surface area (Å²) in [6, 6.07) is 16.5. The highest BCUT2D eigenvalue weighted by Crippen LogP contribution is 2.27. The van der Waals surface area contributed by atoms with Crippen molar-refractivity contribution in [3.05, 3.63) is 64.6 Å². The van der Waals surface area contributed by atoms with Crippen LogP contribution in [0.15, 0.2) is 54.6 Å². The fourth-order valence-corrected chi connectivity index (χ4v) is 3.90. The quantitative estimate of drug-likeness (QED) is 0.535. The number of carbonyl (C=O) groups excluding carboxylic acids is 1. The van der Waals surface area contributed by atoms with Crippen LogP contribution >= 0.6 is 23.2 Å². The Morgan fingerprint density at radius 2 is 1.81 bits per heavy atom. The monoisotopic (exact) mass is 472 g/mol. The zero-order valence-electron chi connectivity index (χ0n) is 17.5. The maximum absolute atomic E-state index is 12.5. The van der Waals surface area contributed by atoms with E-state index in [9.17, 15) is 4.79 Å². The Hall–Kier alpha value is -3.03. The molecule has 0 spiro atoms. The third-order valence-corrected chi connectivity index (χ3v) is 5.75. The van der Waals surface area contributed by atoms with E-state index < -0.39 is 0 Å². The first-order chi connectivity index (χ1) is 15.5. The molecule has 1 aliphatic rings. The summed E-state index contributed by atoms with van der Waals surface area (Å²) >= 11 is 12.0. The molecule has 1 aromatic heterocycles. The molecule has 3 aromatic rings. The lowest BCUT2D eigenvalue weighted by molar-refractivity contribution is -0.133. The smallest absolute Gasteiger partial charge is 0.260 e. The number of ether oxygens (including phenoxy) is 2. The van der Waals surface area contributed by atoms with Gasteiger partial charge in [0.25, 0.3) is 5.91 Å². The Bertz CT molecular complexity index is 1090. The van der Waals surface area contributed by atoms with Gasteiger partial charge < -0.3 is 19.3 Å². The molecule has 0 N–H and O–H groups in total. The molecule has 0 atom stereocenters. The first-order valence-corrected chi connectivity index (χ1v) is 10.9. The molecule has 1 fully saturated rings. The minimum atomic E-state index is -0.0878. The van der Waals surface area contributed by atoms with Gasteiger partial charge in [-0.05, 0) is 42.5 Å². The van der Waals surface area contributed by atoms with Gasteiger partial charge in [-0.25, -0.2) is 0 Å². The summed E-state index contributed by atoms with van der Waals surface area (Å²) in [6.07, 6.45) is 0. The molecular weight excluding hydrogens is 451 g/mol. The maximum atomic E-state index is 12.5. The molecule has 2 heterocycles. The number of hydrogen-bond acceptors (Lipinski definition) is 6. The summed E-state index contributed by atoms with van der Waals surface area (Å²) in [6.45, 7) is 2.42. The zero-order valence-corrected chi connectivity index (χ0v) is 19.0. The standard InChI is InChI=1S/C23H22Cl2N4O3/c1-31-18-4-2-3-16(13-18)20-6-8-22(27-26-20)28-9-11-29(12-10-28)23(30)15-32-21-7-5-17(24)14-19(21)25/h2-8,13-14H,9-12,15H2,1H3. The molecule has 0 saturated carbocycles. The molecule has 7 nitrogen and oxygen atoms in total. The van der Waals surface area contributed by atoms with E-state index in [1.807, 2.05) is 36.4 Å². The molecule has 0 radical (unpaired) electrons. The van der Waals surface area contributed by atoms with Crippen molar-refractivity contribution in [2.75, 3.05) is 44.8 Å². The van der Waals surface area contributed by atoms with Gasteiger partial charge in [-0.2, -0.15) is 0 Å². The van der Waals surface area contributed by atoms with Gasteiger partial charge in [0, 0.05) is 36.8 Å². The van der Waals surface area contributed by atoms with Crippen LogP contribution in [0.5, 0.6) is 11.5 Å². The number of benzene rings is 2. The van der Waals surface area contributed by atoms with Crippen molar-refractivity contribution >= 4 is 34.9 Å². The lowest BCUT2D eigenvalue weighted by Gasteiger charge is -2.35. The van der Waals surface area contributed by atoms with Gasteiger partial charge in [-0.1, -0.05) is 35.3 Å². The van der Waals surface area contributed by atoms with Gasteiger partial charge in [0.15, 0.2) is 12.4 Å². The van der Waals surface area contributed by atoms with Crippen LogP contribution in [0.3, 0.4) is 0 Å². The fraction of sp³-hybridized carbons (Fsp3) is 0.261. The average molecular weight is 473 g/mol. The number of nitrogens with zero attached hydrogens (tertiary/aromatic N) is 4. The number of anilines is 1. The molecule has 0 aliphatic carbocycles. The molecular formula is C23H22Cl2N4O3. The second-order valence-corrected chi connectivity index (χ2v) is 8.08. The van der Waals surface area contributed by atoms with Crippen LogP contribution in [0.2, 0.25) is 10.0 Å². The predicted molar refractivity (Wildman–Crippen MR) is 125 cm³/mol. The van der Waals surface area contributed by atoms with Gasteiger partial charge in [0.05, 0.1) is 17.8 Å². The number of amides is 1. The number of aromatic nitrogens is 2. The summed E-state index contributed by atoms with van der Waals surface area (Å²) in [5.74, 6) is 1.91. The first kappa shape index (κ1) is 22.2. The highest BCUT2D eigenvalue weighted by molar-refractivity contribution is 6.35. The number of rotatable bonds is 6. The summed E-state index contributed by atoms with van der Waals surface area (Å²) in [5.41, 5.74) is 1.72. The van der Waals surface area contributed by atoms with Crippen LogP contribution in [-0.4, -0.2) is 60.9 Å². The van der Waals surface area contributed by atoms with Crippen molar-refractivity contribution < 1.29 is 14.3 Å². The highest BCUT2D eigenvalue weighted by Gasteiger charge is 2.22. The molecule has 32 heavy (non-hydrogen) atoms. The lowest BCUT2D eigenvalue weighted by atomic mass is 10.1. The largest absolute Gasteiger partial charge is 0.497 e. The second-order valence-electron chi connectivity index (χ2n) is 7.24. The van der Waals surface area contributed by atoms with Crippen molar-refractivity contribution in [2.24, 2.45) is 0 Å². The summed E-state index contributed by atoms with van der Waals surface area (Å²) in [7, 11) is 1.64. The first-order valence-electron chi connectivity index (χ1n) is 10.1. The summed E-state index contributed by atoms with van der Waals surface area (Å²) in [5, 5.41) is 9.64. The van der Waals surface area contributed by atoms with E-state index in [-0.39, 0.29) is 12.5 Å². The molecule has 2 aromatic carbocycles. The number of carbonyl (C=O) groups is 1. The normalized spacial score (nSPS) is 13.7. The van der Waals surface area contributed by atoms with Crippen molar-refractivity contribution in [3.63, 3.8) is 0 Å². The minimum absolute atomic E-state index is 0.0730. The molecule has 4 rings (SSSR count). The Balaban J connectivity index is 1.30. The van der Waals surface area contributed by atoms with Crippen LogP contribution in [0.4, 0.5) is 5.82 Å². The molecule has 0 bridgehead atoms. The average Bonchev–Trinajstić information content (AvgIpc) is 2.83. The van der Waals surface area contributed by atoms with Crippen LogP contribution in [0.1, 0.15) is 0 Å². The second kappa shape index (κ2) is 10.1. The van der Waals surface area contributed by atoms with E-state index in [0.717, 1.165) is 22.8 Å². The van der Waals surface area contributed by atoms with Crippen molar-refractivity contribution in [1.82, 2.24) is 15.1 Å². The summed E-state index contributed by atoms with van der Waals surface area (Å²) < 4.78 is 10.8. The topological polar surface area (TPSA) is 67.8 Å². The van der Waals surface area contributed by atoms with E-state index in [1.54, 1.807) is 30.2 Å². The van der Waals surface area contributed by atoms with Crippen LogP contribution in [0, 0.1) is 0 Å². The van der Waals surface area contributed by atoms with Crippen LogP contribution < -0.4 is 14.4 Å². The highest BCUT2D eigenvalue weighted by atomic mass is 35.5. The Kier molecular flexibility index (Phi) is 6.97. The van der Waals surface area contributed by atoms with Crippen LogP contribution in [-0.2, 0) is 4.79 Å². The van der Waals surface area contributed by atoms with Crippen molar-refractivity contribution in [2.45, 2.75) is 0 Å². The molecule has 0 unspecified atom stereocenters. The molecule has 1 saturated heterocycles. The Labute approximate surface area is 196 Å². The Morgan fingerprint density at radius 1 is 1.00 bits per heavy atom. The third kappa shape index (κ3) is 5.23. The minimum Gasteiger partial charge on any atom is -0.497 e. The van der Waals surface area contributed by atoms with E-state index in [0.29, 0.717) is 42.0 Å². The van der Waals surface area contributed by atoms with E-state index >= 15 is 0 Å². The van der Waals surface area contributed by atoms with E-state index in [4.69, 9.17) is 32.7 Å². The van der Waals surface area contributed by atoms with Gasteiger partial charge in [-0.15, -0.1) is 10.2 Å². The number of halogens is 2. The van der Waals surface area contributed by atoms with E-state index in [2.05, 4.69) is 15.1 Å². The maximum Gasteiger partial charge on any atom is 0.260 e. The molecule has 1 amide bonds. The zero-order chi connectivity index (χ0) is 22.5. The van der Waals surface area contributed by atoms with Crippen LogP contribution in [0.25, 0.3) is 11.3 Å². The van der Waals surface area contributed by atoms with Gasteiger partial charge in [0.2, 0.25) is 0 Å². The molecule has 166 valence electrons. The van der Waals surface area contributed by atoms with E-state index in [1.165, 1.54) is 0 Å². The third-order valence-electron chi connectivity index (χ3n) is 5.22.